The maximum Gasteiger partial charge on any atom is 0.309 e. The van der Waals surface area contributed by atoms with Crippen LogP contribution in [0.5, 0.6) is 0 Å². The summed E-state index contributed by atoms with van der Waals surface area (Å²) in [6.45, 7) is 8.85. The highest BCUT2D eigenvalue weighted by molar-refractivity contribution is 5.76. The number of carbonyl (C=O) groups excluding carboxylic acids is 5. The van der Waals surface area contributed by atoms with E-state index in [-0.39, 0.29) is 32.1 Å². The molecule has 1 aliphatic heterocycles. The molecule has 0 amide bonds. The fourth-order valence-electron chi connectivity index (χ4n) is 3.45. The number of rotatable bonds is 5. The molecule has 35 heavy (non-hydrogen) atoms. The highest BCUT2D eigenvalue weighted by Gasteiger charge is 2.27. The Morgan fingerprint density at radius 2 is 0.543 bits per heavy atom. The van der Waals surface area contributed by atoms with Gasteiger partial charge >= 0.3 is 29.8 Å². The summed E-state index contributed by atoms with van der Waals surface area (Å²) in [7, 11) is 0. The monoisotopic (exact) mass is 500 g/mol. The predicted octanol–water partition coefficient (Wildman–Crippen LogP) is 3.56. The molecule has 0 aromatic rings. The molecule has 0 aromatic carbocycles. The van der Waals surface area contributed by atoms with Gasteiger partial charge in [0.2, 0.25) is 0 Å². The van der Waals surface area contributed by atoms with Crippen LogP contribution < -0.4 is 0 Å². The highest BCUT2D eigenvalue weighted by atomic mass is 16.6. The highest BCUT2D eigenvalue weighted by Crippen LogP contribution is 2.17. The van der Waals surface area contributed by atoms with Gasteiger partial charge in [-0.25, -0.2) is 0 Å². The van der Waals surface area contributed by atoms with Crippen LogP contribution in [-0.2, 0) is 47.7 Å². The molecule has 0 aromatic heterocycles. The number of esters is 5. The van der Waals surface area contributed by atoms with Gasteiger partial charge in [0.25, 0.3) is 0 Å². The van der Waals surface area contributed by atoms with E-state index < -0.39 is 60.4 Å². The Labute approximate surface area is 207 Å². The van der Waals surface area contributed by atoms with Crippen LogP contribution in [0.2, 0.25) is 0 Å². The summed E-state index contributed by atoms with van der Waals surface area (Å²) in [5.41, 5.74) is 0. The van der Waals surface area contributed by atoms with Gasteiger partial charge in [-0.2, -0.15) is 0 Å². The normalized spacial score (nSPS) is 28.7. The molecule has 200 valence electrons. The van der Waals surface area contributed by atoms with Gasteiger partial charge in [-0.1, -0.05) is 34.6 Å². The van der Waals surface area contributed by atoms with Crippen molar-refractivity contribution in [3.8, 4) is 0 Å². The lowest BCUT2D eigenvalue weighted by atomic mass is 10.1. The average molecular weight is 501 g/mol. The van der Waals surface area contributed by atoms with E-state index >= 15 is 0 Å². The molecular formula is C25H40O10. The second kappa shape index (κ2) is 16.1. The third-order valence-electron chi connectivity index (χ3n) is 5.74. The first-order valence-corrected chi connectivity index (χ1v) is 12.6. The molecule has 0 saturated carbocycles. The summed E-state index contributed by atoms with van der Waals surface area (Å²) in [5.74, 6) is -2.99. The summed E-state index contributed by atoms with van der Waals surface area (Å²) in [6, 6.07) is 0. The molecule has 0 N–H and O–H groups in total. The standard InChI is InChI=1S/C25H40O10/c1-6-16-11-21(26)32-18(8-3)13-23(28)34-20(10-5)15-25(30)35-19(9-4)14-24(29)33-17(7-2)12-22(27)31-16/h16-20H,6-15H2,1-5H3/t16-,17?,18?,19?,20?/m1/s1. The SMILES string of the molecule is CCC1CC(=O)OC(CC)CC(=O)OC(CC)CC(=O)O[C@H](CC)CC(=O)OC(CC)CC(=O)O1. The first kappa shape index (κ1) is 30.4. The van der Waals surface area contributed by atoms with Gasteiger partial charge in [0.15, 0.2) is 0 Å². The molecule has 5 atom stereocenters. The van der Waals surface area contributed by atoms with Crippen molar-refractivity contribution in [1.29, 1.82) is 0 Å². The van der Waals surface area contributed by atoms with E-state index in [1.54, 1.807) is 34.6 Å². The predicted molar refractivity (Wildman–Crippen MR) is 124 cm³/mol. The molecule has 0 aliphatic carbocycles. The number of hydrogen-bond donors (Lipinski definition) is 0. The number of hydrogen-bond acceptors (Lipinski definition) is 10. The zero-order valence-corrected chi connectivity index (χ0v) is 21.5. The molecule has 0 spiro atoms. The minimum absolute atomic E-state index is 0.161. The average Bonchev–Trinajstić information content (AvgIpc) is 2.80. The van der Waals surface area contributed by atoms with E-state index in [9.17, 15) is 24.0 Å². The van der Waals surface area contributed by atoms with Crippen LogP contribution in [0.3, 0.4) is 0 Å². The molecule has 0 bridgehead atoms. The Bertz CT molecular complexity index is 540. The van der Waals surface area contributed by atoms with Crippen LogP contribution in [-0.4, -0.2) is 60.4 Å². The minimum atomic E-state index is -0.702. The second-order valence-corrected chi connectivity index (χ2v) is 8.62. The summed E-state index contributed by atoms with van der Waals surface area (Å²) in [4.78, 5) is 62.0. The topological polar surface area (TPSA) is 132 Å². The Morgan fingerprint density at radius 3 is 0.657 bits per heavy atom. The Hall–Kier alpha value is -2.65. The van der Waals surface area contributed by atoms with E-state index in [1.165, 1.54) is 0 Å². The number of cyclic esters (lactones) is 5. The van der Waals surface area contributed by atoms with Crippen molar-refractivity contribution in [1.82, 2.24) is 0 Å². The van der Waals surface area contributed by atoms with Crippen LogP contribution >= 0.6 is 0 Å². The smallest absolute Gasteiger partial charge is 0.309 e. The van der Waals surface area contributed by atoms with Gasteiger partial charge in [0.1, 0.15) is 30.5 Å². The van der Waals surface area contributed by atoms with E-state index in [4.69, 9.17) is 23.7 Å². The number of ether oxygens (including phenoxy) is 5. The van der Waals surface area contributed by atoms with Gasteiger partial charge in [0, 0.05) is 0 Å². The second-order valence-electron chi connectivity index (χ2n) is 8.62. The van der Waals surface area contributed by atoms with Gasteiger partial charge in [0.05, 0.1) is 32.1 Å². The largest absolute Gasteiger partial charge is 0.462 e. The summed E-state index contributed by atoms with van der Waals surface area (Å²) >= 11 is 0. The minimum Gasteiger partial charge on any atom is -0.462 e. The van der Waals surface area contributed by atoms with Crippen molar-refractivity contribution in [3.05, 3.63) is 0 Å². The quantitative estimate of drug-likeness (QED) is 0.408. The molecule has 1 fully saturated rings. The molecular weight excluding hydrogens is 460 g/mol. The lowest BCUT2D eigenvalue weighted by molar-refractivity contribution is -0.165. The first-order valence-electron chi connectivity index (χ1n) is 12.6. The van der Waals surface area contributed by atoms with Crippen molar-refractivity contribution in [3.63, 3.8) is 0 Å². The van der Waals surface area contributed by atoms with Crippen LogP contribution in [0.15, 0.2) is 0 Å². The Kier molecular flexibility index (Phi) is 14.0. The molecule has 10 nitrogen and oxygen atoms in total. The van der Waals surface area contributed by atoms with Crippen molar-refractivity contribution < 1.29 is 47.7 Å². The zero-order valence-electron chi connectivity index (χ0n) is 21.5. The van der Waals surface area contributed by atoms with Gasteiger partial charge in [-0.3, -0.25) is 24.0 Å². The van der Waals surface area contributed by atoms with E-state index in [2.05, 4.69) is 0 Å². The molecule has 1 heterocycles. The molecule has 1 rings (SSSR count). The van der Waals surface area contributed by atoms with Crippen molar-refractivity contribution in [2.45, 2.75) is 129 Å². The molecule has 10 heteroatoms. The Balaban J connectivity index is 3.04. The van der Waals surface area contributed by atoms with Crippen LogP contribution in [0.1, 0.15) is 98.8 Å². The Morgan fingerprint density at radius 1 is 0.400 bits per heavy atom. The van der Waals surface area contributed by atoms with Crippen molar-refractivity contribution in [2.24, 2.45) is 0 Å². The lowest BCUT2D eigenvalue weighted by Gasteiger charge is -2.23. The van der Waals surface area contributed by atoms with Crippen molar-refractivity contribution in [2.75, 3.05) is 0 Å². The summed E-state index contributed by atoms with van der Waals surface area (Å²) in [6.07, 6.45) is -2.38. The molecule has 1 aliphatic rings. The summed E-state index contributed by atoms with van der Waals surface area (Å²) < 4.78 is 27.0. The van der Waals surface area contributed by atoms with E-state index in [1.807, 2.05) is 0 Å². The molecule has 0 radical (unpaired) electrons. The fraction of sp³-hybridized carbons (Fsp3) is 0.800. The lowest BCUT2D eigenvalue weighted by Crippen LogP contribution is -2.31. The maximum absolute atomic E-state index is 12.4. The first-order chi connectivity index (χ1) is 16.6. The van der Waals surface area contributed by atoms with Gasteiger partial charge in [-0.15, -0.1) is 0 Å². The van der Waals surface area contributed by atoms with Crippen LogP contribution in [0.4, 0.5) is 0 Å². The van der Waals surface area contributed by atoms with Gasteiger partial charge in [-0.05, 0) is 32.1 Å². The number of carbonyl (C=O) groups is 5. The third kappa shape index (κ3) is 12.0. The molecule has 1 saturated heterocycles. The summed E-state index contributed by atoms with van der Waals surface area (Å²) in [5, 5.41) is 0. The molecule has 4 unspecified atom stereocenters. The van der Waals surface area contributed by atoms with E-state index in [0.717, 1.165) is 0 Å². The third-order valence-corrected chi connectivity index (χ3v) is 5.74. The fourth-order valence-corrected chi connectivity index (χ4v) is 3.45. The van der Waals surface area contributed by atoms with Crippen molar-refractivity contribution >= 4 is 29.8 Å². The maximum atomic E-state index is 12.4. The van der Waals surface area contributed by atoms with Crippen LogP contribution in [0, 0.1) is 0 Å². The van der Waals surface area contributed by atoms with E-state index in [0.29, 0.717) is 32.1 Å². The zero-order chi connectivity index (χ0) is 26.4. The van der Waals surface area contributed by atoms with Crippen LogP contribution in [0.25, 0.3) is 0 Å². The van der Waals surface area contributed by atoms with Gasteiger partial charge < -0.3 is 23.7 Å².